The zero-order valence-electron chi connectivity index (χ0n) is 22.7. The molecule has 7 N–H and O–H groups in total. The Morgan fingerprint density at radius 3 is 2.61 bits per heavy atom. The lowest BCUT2D eigenvalue weighted by Gasteiger charge is -2.14. The van der Waals surface area contributed by atoms with Crippen LogP contribution in [0.5, 0.6) is 5.75 Å². The monoisotopic (exact) mass is 566 g/mol. The molecule has 0 bridgehead atoms. The molecular formula is C28H32F2N8O3. The molecule has 11 nitrogen and oxygen atoms in total. The molecule has 1 atom stereocenters. The average Bonchev–Trinajstić information content (AvgIpc) is 3.41. The number of fused-ring (bicyclic) bond motifs is 1. The van der Waals surface area contributed by atoms with Crippen molar-refractivity contribution in [3.63, 3.8) is 0 Å². The number of carbonyl (C=O) groups is 2. The maximum Gasteiger partial charge on any atom is 0.251 e. The van der Waals surface area contributed by atoms with E-state index in [0.717, 1.165) is 5.56 Å². The van der Waals surface area contributed by atoms with Crippen molar-refractivity contribution < 1.29 is 23.1 Å². The van der Waals surface area contributed by atoms with Crippen LogP contribution in [0, 0.1) is 11.6 Å². The number of halogens is 2. The number of ether oxygens (including phenoxy) is 1. The second kappa shape index (κ2) is 13.2. The molecule has 4 rings (SSSR count). The fourth-order valence-electron chi connectivity index (χ4n) is 4.31. The average molecular weight is 567 g/mol. The van der Waals surface area contributed by atoms with Crippen molar-refractivity contribution in [1.82, 2.24) is 25.0 Å². The van der Waals surface area contributed by atoms with Crippen LogP contribution in [0.15, 0.2) is 48.9 Å². The molecule has 13 heteroatoms. The van der Waals surface area contributed by atoms with Gasteiger partial charge in [0.05, 0.1) is 25.0 Å². The van der Waals surface area contributed by atoms with Gasteiger partial charge >= 0.3 is 0 Å². The van der Waals surface area contributed by atoms with Crippen LogP contribution >= 0.6 is 0 Å². The summed E-state index contributed by atoms with van der Waals surface area (Å²) >= 11 is 0. The van der Waals surface area contributed by atoms with Crippen LogP contribution in [0.2, 0.25) is 0 Å². The SMILES string of the molecule is CCc1cc(Nc2nccn3c(-c4ccc(OC)c(F)c4F)cnc23)ccc1C(=O)NCCNC(=O)[C@@H](N)CCN. The minimum Gasteiger partial charge on any atom is -0.494 e. The summed E-state index contributed by atoms with van der Waals surface area (Å²) in [7, 11) is 1.27. The molecule has 0 aliphatic rings. The number of nitrogens with one attached hydrogen (secondary N) is 3. The number of anilines is 2. The molecule has 0 fully saturated rings. The summed E-state index contributed by atoms with van der Waals surface area (Å²) in [6.45, 7) is 2.71. The third-order valence-electron chi connectivity index (χ3n) is 6.49. The molecule has 0 radical (unpaired) electrons. The van der Waals surface area contributed by atoms with Gasteiger partial charge in [-0.15, -0.1) is 0 Å². The highest BCUT2D eigenvalue weighted by molar-refractivity contribution is 5.96. The van der Waals surface area contributed by atoms with Crippen LogP contribution in [0.4, 0.5) is 20.3 Å². The minimum absolute atomic E-state index is 0.0227. The zero-order chi connectivity index (χ0) is 29.5. The van der Waals surface area contributed by atoms with E-state index < -0.39 is 17.7 Å². The highest BCUT2D eigenvalue weighted by Gasteiger charge is 2.19. The Hall–Kier alpha value is -4.62. The summed E-state index contributed by atoms with van der Waals surface area (Å²) in [5, 5.41) is 8.67. The lowest BCUT2D eigenvalue weighted by molar-refractivity contribution is -0.122. The minimum atomic E-state index is -1.08. The van der Waals surface area contributed by atoms with Crippen molar-refractivity contribution in [3.05, 3.63) is 71.7 Å². The van der Waals surface area contributed by atoms with Crippen LogP contribution in [-0.2, 0) is 11.2 Å². The fraction of sp³-hybridized carbons (Fsp3) is 0.286. The Balaban J connectivity index is 1.48. The first kappa shape index (κ1) is 29.4. The second-order valence-electron chi connectivity index (χ2n) is 9.14. The van der Waals surface area contributed by atoms with Gasteiger partial charge in [-0.25, -0.2) is 14.4 Å². The van der Waals surface area contributed by atoms with E-state index in [1.165, 1.54) is 31.6 Å². The van der Waals surface area contributed by atoms with E-state index in [0.29, 0.717) is 47.8 Å². The van der Waals surface area contributed by atoms with Crippen LogP contribution < -0.4 is 32.2 Å². The maximum absolute atomic E-state index is 14.8. The number of nitrogens with zero attached hydrogens (tertiary/aromatic N) is 3. The summed E-state index contributed by atoms with van der Waals surface area (Å²) in [5.41, 5.74) is 13.8. The molecule has 0 saturated carbocycles. The van der Waals surface area contributed by atoms with Gasteiger partial charge in [0.1, 0.15) is 0 Å². The molecule has 0 saturated heterocycles. The molecule has 2 heterocycles. The molecule has 41 heavy (non-hydrogen) atoms. The predicted molar refractivity (Wildman–Crippen MR) is 151 cm³/mol. The summed E-state index contributed by atoms with van der Waals surface area (Å²) in [6, 6.07) is 7.36. The third-order valence-corrected chi connectivity index (χ3v) is 6.49. The van der Waals surface area contributed by atoms with Crippen molar-refractivity contribution >= 4 is 29.0 Å². The standard InChI is InChI=1S/C28H32F2N8O3/c1-3-16-14-17(4-5-18(16)27(39)34-10-11-35-28(40)20(32)8-9-31)37-25-26-36-15-21(38(26)13-12-33-25)19-6-7-22(41-2)24(30)23(19)29/h4-7,12-15,20H,3,8-11,31-32H2,1-2H3,(H,33,37)(H,34,39)(H,35,40)/t20-/m0/s1. The predicted octanol–water partition coefficient (Wildman–Crippen LogP) is 2.51. The van der Waals surface area contributed by atoms with Gasteiger partial charge < -0.3 is 32.2 Å². The van der Waals surface area contributed by atoms with Crippen LogP contribution in [-0.4, -0.2) is 59.0 Å². The van der Waals surface area contributed by atoms with Gasteiger partial charge in [0.15, 0.2) is 23.0 Å². The quantitative estimate of drug-likeness (QED) is 0.163. The van der Waals surface area contributed by atoms with E-state index >= 15 is 0 Å². The van der Waals surface area contributed by atoms with E-state index in [1.54, 1.807) is 22.7 Å². The molecule has 0 unspecified atom stereocenters. The van der Waals surface area contributed by atoms with Gasteiger partial charge in [-0.2, -0.15) is 4.39 Å². The van der Waals surface area contributed by atoms with Gasteiger partial charge in [0.25, 0.3) is 5.91 Å². The van der Waals surface area contributed by atoms with Crippen molar-refractivity contribution in [2.75, 3.05) is 32.1 Å². The van der Waals surface area contributed by atoms with Gasteiger partial charge in [-0.05, 0) is 55.3 Å². The Morgan fingerprint density at radius 2 is 1.88 bits per heavy atom. The Labute approximate surface area is 235 Å². The topological polar surface area (TPSA) is 162 Å². The number of amides is 2. The van der Waals surface area contributed by atoms with Gasteiger partial charge in [-0.1, -0.05) is 6.92 Å². The summed E-state index contributed by atoms with van der Waals surface area (Å²) in [5.74, 6) is -2.53. The number of aryl methyl sites for hydroxylation is 1. The second-order valence-corrected chi connectivity index (χ2v) is 9.14. The Morgan fingerprint density at radius 1 is 1.10 bits per heavy atom. The molecule has 0 spiro atoms. The maximum atomic E-state index is 14.8. The molecule has 2 amide bonds. The van der Waals surface area contributed by atoms with Crippen molar-refractivity contribution in [1.29, 1.82) is 0 Å². The van der Waals surface area contributed by atoms with E-state index in [1.807, 2.05) is 13.0 Å². The Bertz CT molecular complexity index is 1560. The number of rotatable bonds is 12. The highest BCUT2D eigenvalue weighted by atomic mass is 19.2. The first-order valence-electron chi connectivity index (χ1n) is 13.0. The van der Waals surface area contributed by atoms with E-state index in [-0.39, 0.29) is 36.2 Å². The van der Waals surface area contributed by atoms with Crippen LogP contribution in [0.3, 0.4) is 0 Å². The zero-order valence-corrected chi connectivity index (χ0v) is 22.7. The number of imidazole rings is 1. The van der Waals surface area contributed by atoms with Crippen molar-refractivity contribution in [3.8, 4) is 17.0 Å². The van der Waals surface area contributed by atoms with Crippen molar-refractivity contribution in [2.45, 2.75) is 25.8 Å². The normalized spacial score (nSPS) is 11.8. The molecule has 216 valence electrons. The molecule has 4 aromatic rings. The van der Waals surface area contributed by atoms with Gasteiger partial charge in [-0.3, -0.25) is 14.0 Å². The number of hydrogen-bond acceptors (Lipinski definition) is 8. The largest absolute Gasteiger partial charge is 0.494 e. The number of benzene rings is 2. The molecule has 2 aromatic heterocycles. The lowest BCUT2D eigenvalue weighted by atomic mass is 10.0. The van der Waals surface area contributed by atoms with E-state index in [9.17, 15) is 18.4 Å². The molecular weight excluding hydrogens is 534 g/mol. The van der Waals surface area contributed by atoms with Crippen LogP contribution in [0.25, 0.3) is 16.9 Å². The number of methoxy groups -OCH3 is 1. The van der Waals surface area contributed by atoms with Crippen LogP contribution in [0.1, 0.15) is 29.3 Å². The third kappa shape index (κ3) is 6.42. The summed E-state index contributed by atoms with van der Waals surface area (Å²) in [4.78, 5) is 33.4. The number of hydrogen-bond donors (Lipinski definition) is 5. The highest BCUT2D eigenvalue weighted by Crippen LogP contribution is 2.31. The smallest absolute Gasteiger partial charge is 0.251 e. The van der Waals surface area contributed by atoms with Crippen molar-refractivity contribution in [2.24, 2.45) is 11.5 Å². The lowest BCUT2D eigenvalue weighted by Crippen LogP contribution is -2.44. The number of nitrogens with two attached hydrogens (primary N) is 2. The molecule has 0 aliphatic heterocycles. The number of aromatic nitrogens is 3. The first-order valence-corrected chi connectivity index (χ1v) is 13.0. The van der Waals surface area contributed by atoms with E-state index in [4.69, 9.17) is 16.2 Å². The number of carbonyl (C=O) groups excluding carboxylic acids is 2. The van der Waals surface area contributed by atoms with Gasteiger partial charge in [0, 0.05) is 42.3 Å². The first-order chi connectivity index (χ1) is 19.8. The Kier molecular flexibility index (Phi) is 9.42. The summed E-state index contributed by atoms with van der Waals surface area (Å²) < 4.78 is 35.6. The van der Waals surface area contributed by atoms with Gasteiger partial charge in [0.2, 0.25) is 11.7 Å². The molecule has 2 aromatic carbocycles. The fourth-order valence-corrected chi connectivity index (χ4v) is 4.31. The van der Waals surface area contributed by atoms with E-state index in [2.05, 4.69) is 25.9 Å². The summed E-state index contributed by atoms with van der Waals surface area (Å²) in [6.07, 6.45) is 5.51. The molecule has 0 aliphatic carbocycles.